The summed E-state index contributed by atoms with van der Waals surface area (Å²) in [5.41, 5.74) is 2.62. The molecule has 1 aliphatic rings. The van der Waals surface area contributed by atoms with Gasteiger partial charge in [0.05, 0.1) is 39.5 Å². The molecule has 2 atom stereocenters. The minimum Gasteiger partial charge on any atom is -0.497 e. The first-order valence-corrected chi connectivity index (χ1v) is 12.5. The zero-order valence-electron chi connectivity index (χ0n) is 20.7. The number of hydrogen-bond acceptors (Lipinski definition) is 6. The molecule has 1 amide bonds. The van der Waals surface area contributed by atoms with E-state index in [1.165, 1.54) is 0 Å². The van der Waals surface area contributed by atoms with Crippen molar-refractivity contribution < 1.29 is 28.5 Å². The van der Waals surface area contributed by atoms with Gasteiger partial charge in [-0.2, -0.15) is 0 Å². The van der Waals surface area contributed by atoms with Crippen LogP contribution in [0.1, 0.15) is 36.1 Å². The Kier molecular flexibility index (Phi) is 8.59. The Morgan fingerprint density at radius 3 is 2.49 bits per heavy atom. The molecule has 7 nitrogen and oxygen atoms in total. The van der Waals surface area contributed by atoms with Gasteiger partial charge < -0.3 is 23.8 Å². The molecule has 0 aliphatic carbocycles. The molecule has 3 aromatic rings. The number of benzene rings is 3. The molecule has 0 aromatic heterocycles. The fourth-order valence-electron chi connectivity index (χ4n) is 4.32. The average molecular weight is 544 g/mol. The van der Waals surface area contributed by atoms with Crippen LogP contribution in [0, 0.1) is 0 Å². The Labute approximate surface area is 225 Å². The van der Waals surface area contributed by atoms with Crippen molar-refractivity contribution in [1.82, 2.24) is 0 Å². The van der Waals surface area contributed by atoms with Crippen molar-refractivity contribution in [2.75, 3.05) is 25.7 Å². The molecule has 1 heterocycles. The van der Waals surface area contributed by atoms with Gasteiger partial charge in [-0.25, -0.2) is 0 Å². The molecule has 4 rings (SSSR count). The number of nitrogens with zero attached hydrogens (tertiary/aromatic N) is 1. The van der Waals surface area contributed by atoms with Crippen molar-refractivity contribution in [2.24, 2.45) is 0 Å². The van der Waals surface area contributed by atoms with Gasteiger partial charge in [0.15, 0.2) is 0 Å². The van der Waals surface area contributed by atoms with E-state index < -0.39 is 24.1 Å². The fraction of sp³-hybridized carbons (Fsp3) is 0.286. The second kappa shape index (κ2) is 11.9. The standard InChI is InChI=1S/C28H27Cl2NO6/c1-4-36-26(32)15-25-28(33)31(16-17-9-11-19(34-2)14-24(17)35-3)23-12-10-18(29)13-21(23)27(37-25)20-7-5-6-8-22(20)30/h5-14,25,27H,4,15-16H2,1-3H3/t25-,27-/m1/s1. The number of carbonyl (C=O) groups is 2. The Morgan fingerprint density at radius 1 is 1.00 bits per heavy atom. The lowest BCUT2D eigenvalue weighted by Crippen LogP contribution is -2.40. The molecular formula is C28H27Cl2NO6. The van der Waals surface area contributed by atoms with Gasteiger partial charge in [-0.3, -0.25) is 9.59 Å². The van der Waals surface area contributed by atoms with Crippen LogP contribution in [0.3, 0.4) is 0 Å². The Hall–Kier alpha value is -3.26. The fourth-order valence-corrected chi connectivity index (χ4v) is 4.74. The first-order chi connectivity index (χ1) is 17.9. The normalized spacial score (nSPS) is 17.1. The molecule has 0 unspecified atom stereocenters. The van der Waals surface area contributed by atoms with Crippen LogP contribution in [-0.2, 0) is 25.6 Å². The van der Waals surface area contributed by atoms with E-state index in [-0.39, 0.29) is 19.6 Å². The number of methoxy groups -OCH3 is 2. The smallest absolute Gasteiger partial charge is 0.308 e. The topological polar surface area (TPSA) is 74.3 Å². The van der Waals surface area contributed by atoms with Crippen molar-refractivity contribution in [1.29, 1.82) is 0 Å². The Morgan fingerprint density at radius 2 is 1.78 bits per heavy atom. The molecule has 0 N–H and O–H groups in total. The summed E-state index contributed by atoms with van der Waals surface area (Å²) < 4.78 is 22.4. The number of halogens is 2. The summed E-state index contributed by atoms with van der Waals surface area (Å²) in [4.78, 5) is 28.1. The second-order valence-corrected chi connectivity index (χ2v) is 9.18. The lowest BCUT2D eigenvalue weighted by molar-refractivity contribution is -0.151. The highest BCUT2D eigenvalue weighted by Crippen LogP contribution is 2.43. The van der Waals surface area contributed by atoms with Gasteiger partial charge in [0.1, 0.15) is 23.7 Å². The molecule has 0 fully saturated rings. The number of rotatable bonds is 8. The highest BCUT2D eigenvalue weighted by molar-refractivity contribution is 6.31. The van der Waals surface area contributed by atoms with Gasteiger partial charge in [0, 0.05) is 32.8 Å². The van der Waals surface area contributed by atoms with Gasteiger partial charge in [0.25, 0.3) is 5.91 Å². The summed E-state index contributed by atoms with van der Waals surface area (Å²) in [5, 5.41) is 0.934. The quantitative estimate of drug-likeness (QED) is 0.325. The number of amides is 1. The highest BCUT2D eigenvalue weighted by Gasteiger charge is 2.39. The van der Waals surface area contributed by atoms with E-state index in [1.54, 1.807) is 62.4 Å². The van der Waals surface area contributed by atoms with E-state index in [2.05, 4.69) is 0 Å². The maximum absolute atomic E-state index is 14.0. The third kappa shape index (κ3) is 5.85. The van der Waals surface area contributed by atoms with Crippen LogP contribution in [0.4, 0.5) is 5.69 Å². The van der Waals surface area contributed by atoms with Gasteiger partial charge in [-0.1, -0.05) is 41.4 Å². The molecule has 1 aliphatic heterocycles. The lowest BCUT2D eigenvalue weighted by Gasteiger charge is -2.26. The molecule has 0 saturated heterocycles. The zero-order valence-corrected chi connectivity index (χ0v) is 22.2. The van der Waals surface area contributed by atoms with E-state index >= 15 is 0 Å². The van der Waals surface area contributed by atoms with Crippen LogP contribution in [0.2, 0.25) is 10.0 Å². The minimum absolute atomic E-state index is 0.151. The molecule has 194 valence electrons. The summed E-state index contributed by atoms with van der Waals surface area (Å²) in [6, 6.07) is 17.8. The molecular weight excluding hydrogens is 517 g/mol. The summed E-state index contributed by atoms with van der Waals surface area (Å²) in [5.74, 6) is 0.239. The predicted molar refractivity (Wildman–Crippen MR) is 142 cm³/mol. The molecule has 3 aromatic carbocycles. The van der Waals surface area contributed by atoms with Crippen LogP contribution in [0.25, 0.3) is 0 Å². The van der Waals surface area contributed by atoms with E-state index in [9.17, 15) is 9.59 Å². The van der Waals surface area contributed by atoms with Gasteiger partial charge in [-0.15, -0.1) is 0 Å². The van der Waals surface area contributed by atoms with Crippen LogP contribution in [0.5, 0.6) is 11.5 Å². The summed E-state index contributed by atoms with van der Waals surface area (Å²) in [6.07, 6.45) is -2.14. The van der Waals surface area contributed by atoms with Crippen LogP contribution in [0.15, 0.2) is 60.7 Å². The molecule has 0 radical (unpaired) electrons. The van der Waals surface area contributed by atoms with Gasteiger partial charge in [0.2, 0.25) is 0 Å². The maximum Gasteiger partial charge on any atom is 0.308 e. The van der Waals surface area contributed by atoms with Crippen molar-refractivity contribution in [3.8, 4) is 11.5 Å². The van der Waals surface area contributed by atoms with E-state index in [1.807, 2.05) is 24.3 Å². The number of hydrogen-bond donors (Lipinski definition) is 0. The first-order valence-electron chi connectivity index (χ1n) is 11.7. The van der Waals surface area contributed by atoms with E-state index in [0.717, 1.165) is 5.56 Å². The number of ether oxygens (including phenoxy) is 4. The molecule has 0 bridgehead atoms. The van der Waals surface area contributed by atoms with Crippen molar-refractivity contribution >= 4 is 40.8 Å². The maximum atomic E-state index is 14.0. The van der Waals surface area contributed by atoms with Crippen LogP contribution >= 0.6 is 23.2 Å². The lowest BCUT2D eigenvalue weighted by atomic mass is 9.99. The largest absolute Gasteiger partial charge is 0.497 e. The second-order valence-electron chi connectivity index (χ2n) is 8.34. The summed E-state index contributed by atoms with van der Waals surface area (Å²) in [6.45, 7) is 2.05. The number of anilines is 1. The van der Waals surface area contributed by atoms with E-state index in [4.69, 9.17) is 42.1 Å². The Bertz CT molecular complexity index is 1300. The monoisotopic (exact) mass is 543 g/mol. The highest BCUT2D eigenvalue weighted by atomic mass is 35.5. The summed E-state index contributed by atoms with van der Waals surface area (Å²) in [7, 11) is 3.12. The van der Waals surface area contributed by atoms with Crippen LogP contribution in [-0.4, -0.2) is 38.8 Å². The van der Waals surface area contributed by atoms with Crippen LogP contribution < -0.4 is 14.4 Å². The molecule has 0 saturated carbocycles. The first kappa shape index (κ1) is 26.8. The minimum atomic E-state index is -1.13. The van der Waals surface area contributed by atoms with Crippen molar-refractivity contribution in [2.45, 2.75) is 32.1 Å². The predicted octanol–water partition coefficient (Wildman–Crippen LogP) is 5.99. The molecule has 0 spiro atoms. The Balaban J connectivity index is 1.86. The van der Waals surface area contributed by atoms with Gasteiger partial charge >= 0.3 is 5.97 Å². The zero-order chi connectivity index (χ0) is 26.5. The SMILES string of the molecule is CCOC(=O)C[C@H]1O[C@H](c2ccccc2Cl)c2cc(Cl)ccc2N(Cc2ccc(OC)cc2OC)C1=O. The number of carbonyl (C=O) groups excluding carboxylic acids is 2. The van der Waals surface area contributed by atoms with Crippen molar-refractivity contribution in [3.63, 3.8) is 0 Å². The third-order valence-electron chi connectivity index (χ3n) is 6.07. The number of fused-ring (bicyclic) bond motifs is 1. The average Bonchev–Trinajstić information content (AvgIpc) is 2.99. The molecule has 37 heavy (non-hydrogen) atoms. The third-order valence-corrected chi connectivity index (χ3v) is 6.65. The molecule has 9 heteroatoms. The van der Waals surface area contributed by atoms with Crippen molar-refractivity contribution in [3.05, 3.63) is 87.4 Å². The number of esters is 1. The van der Waals surface area contributed by atoms with E-state index in [0.29, 0.717) is 38.4 Å². The summed E-state index contributed by atoms with van der Waals surface area (Å²) >= 11 is 13.0. The van der Waals surface area contributed by atoms with Gasteiger partial charge in [-0.05, 0) is 43.3 Å².